The molecule has 6 atom stereocenters. The van der Waals surface area contributed by atoms with Gasteiger partial charge in [-0.2, -0.15) is 13.2 Å². The van der Waals surface area contributed by atoms with E-state index >= 15 is 0 Å². The molecule has 7 heteroatoms. The van der Waals surface area contributed by atoms with E-state index < -0.39 is 29.0 Å². The number of rotatable bonds is 4. The van der Waals surface area contributed by atoms with E-state index in [1.54, 1.807) is 11.0 Å². The molecule has 1 N–H and O–H groups in total. The topological polar surface area (TPSA) is 49.4 Å². The van der Waals surface area contributed by atoms with Crippen LogP contribution in [0, 0.1) is 28.6 Å². The normalized spacial score (nSPS) is 35.9. The lowest BCUT2D eigenvalue weighted by atomic mass is 9.48. The minimum Gasteiger partial charge on any atom is -0.331 e. The largest absolute Gasteiger partial charge is 0.418 e. The maximum atomic E-state index is 13.5. The summed E-state index contributed by atoms with van der Waals surface area (Å²) in [7, 11) is 0. The van der Waals surface area contributed by atoms with Gasteiger partial charge in [-0.25, -0.2) is 0 Å². The van der Waals surface area contributed by atoms with Crippen LogP contribution in [0.5, 0.6) is 0 Å². The van der Waals surface area contributed by atoms with Gasteiger partial charge in [0.15, 0.2) is 0 Å². The van der Waals surface area contributed by atoms with Gasteiger partial charge in [-0.15, -0.1) is 6.58 Å². The first-order valence-corrected chi connectivity index (χ1v) is 13.1. The third-order valence-electron chi connectivity index (χ3n) is 9.88. The van der Waals surface area contributed by atoms with Crippen LogP contribution in [0.4, 0.5) is 18.9 Å². The molecule has 1 aromatic carbocycles. The van der Waals surface area contributed by atoms with Crippen molar-refractivity contribution < 1.29 is 22.8 Å². The summed E-state index contributed by atoms with van der Waals surface area (Å²) in [5, 5.41) is 2.41. The highest BCUT2D eigenvalue weighted by atomic mass is 19.4. The number of nitrogens with one attached hydrogen (secondary N) is 1. The fourth-order valence-electron chi connectivity index (χ4n) is 8.27. The van der Waals surface area contributed by atoms with Crippen LogP contribution in [0.15, 0.2) is 48.6 Å². The fourth-order valence-corrected chi connectivity index (χ4v) is 8.27. The van der Waals surface area contributed by atoms with E-state index in [-0.39, 0.29) is 17.3 Å². The molecule has 4 nitrogen and oxygen atoms in total. The van der Waals surface area contributed by atoms with Gasteiger partial charge in [0.05, 0.1) is 11.3 Å². The van der Waals surface area contributed by atoms with Crippen molar-refractivity contribution in [1.29, 1.82) is 0 Å². The molecule has 4 aliphatic rings. The predicted molar refractivity (Wildman–Crippen MR) is 133 cm³/mol. The second-order valence-corrected chi connectivity index (χ2v) is 11.7. The number of fused-ring (bicyclic) bond motifs is 5. The third-order valence-corrected chi connectivity index (χ3v) is 9.88. The van der Waals surface area contributed by atoms with Crippen LogP contribution in [-0.4, -0.2) is 29.3 Å². The average molecular weight is 501 g/mol. The number of carbonyl (C=O) groups is 2. The molecule has 194 valence electrons. The first-order chi connectivity index (χ1) is 17.0. The molecule has 5 rings (SSSR count). The highest BCUT2D eigenvalue weighted by molar-refractivity contribution is 6.23. The molecule has 1 heterocycles. The Morgan fingerprint density at radius 1 is 1.14 bits per heavy atom. The van der Waals surface area contributed by atoms with E-state index in [2.05, 4.69) is 25.7 Å². The van der Waals surface area contributed by atoms with Crippen molar-refractivity contribution in [2.45, 2.75) is 71.0 Å². The highest BCUT2D eigenvalue weighted by Crippen LogP contribution is 2.64. The first kappa shape index (κ1) is 25.1. The number of nitrogens with zero attached hydrogens (tertiary/aromatic N) is 1. The smallest absolute Gasteiger partial charge is 0.331 e. The second-order valence-electron chi connectivity index (χ2n) is 11.7. The van der Waals surface area contributed by atoms with Crippen LogP contribution in [0.3, 0.4) is 0 Å². The number of hydrogen-bond acceptors (Lipinski definition) is 2. The van der Waals surface area contributed by atoms with Crippen LogP contribution in [0.25, 0.3) is 0 Å². The van der Waals surface area contributed by atoms with Gasteiger partial charge in [0.2, 0.25) is 0 Å². The number of halogens is 3. The summed E-state index contributed by atoms with van der Waals surface area (Å²) >= 11 is 0. The van der Waals surface area contributed by atoms with E-state index in [9.17, 15) is 22.8 Å². The second kappa shape index (κ2) is 8.77. The molecule has 1 unspecified atom stereocenters. The zero-order valence-electron chi connectivity index (χ0n) is 21.0. The zero-order valence-corrected chi connectivity index (χ0v) is 21.0. The molecule has 36 heavy (non-hydrogen) atoms. The van der Waals surface area contributed by atoms with Gasteiger partial charge >= 0.3 is 6.18 Å². The van der Waals surface area contributed by atoms with Gasteiger partial charge in [-0.3, -0.25) is 9.59 Å². The lowest BCUT2D eigenvalue weighted by Gasteiger charge is -2.60. The van der Waals surface area contributed by atoms with Gasteiger partial charge in [-0.05, 0) is 73.8 Å². The maximum Gasteiger partial charge on any atom is 0.418 e. The molecule has 3 aliphatic carbocycles. The molecular weight excluding hydrogens is 465 g/mol. The quantitative estimate of drug-likeness (QED) is 0.374. The Bertz CT molecular complexity index is 1110. The summed E-state index contributed by atoms with van der Waals surface area (Å²) < 4.78 is 40.6. The van der Waals surface area contributed by atoms with E-state index in [4.69, 9.17) is 0 Å². The number of hydrogen-bond donors (Lipinski definition) is 1. The summed E-state index contributed by atoms with van der Waals surface area (Å²) in [5.41, 5.74) is -1.37. The van der Waals surface area contributed by atoms with Crippen molar-refractivity contribution in [3.63, 3.8) is 0 Å². The Kier molecular flexibility index (Phi) is 6.12. The SMILES string of the molecule is C=CCN1C(=O)C(C(=O)Nc2ccccc2C(F)(F)F)=C[C@@]2(C)C1CC[C@@H]1[C@H]2CC[C@]2(C)CCC[C@@H]12. The molecule has 3 fully saturated rings. The Morgan fingerprint density at radius 3 is 2.61 bits per heavy atom. The number of para-hydroxylation sites is 1. The van der Waals surface area contributed by atoms with Crippen LogP contribution < -0.4 is 5.32 Å². The standard InChI is InChI=1S/C29H35F3N2O2/c1-4-16-34-24-12-11-18-20-9-7-14-27(20,2)15-13-21(18)28(24,3)17-19(26(34)36)25(35)33-23-10-6-5-8-22(23)29(30,31)32/h4-6,8,10,17-18,20-21,24H,1,7,9,11-16H2,2-3H3,(H,33,35)/t18-,20-,21+,24?,27-,28+/m0/s1. The van der Waals surface area contributed by atoms with Crippen molar-refractivity contribution in [2.24, 2.45) is 28.6 Å². The molecule has 0 bridgehead atoms. The predicted octanol–water partition coefficient (Wildman–Crippen LogP) is 6.60. The Morgan fingerprint density at radius 2 is 1.89 bits per heavy atom. The minimum atomic E-state index is -4.62. The molecule has 1 aromatic rings. The molecule has 0 saturated heterocycles. The van der Waals surface area contributed by atoms with Crippen LogP contribution in [0.1, 0.15) is 64.4 Å². The number of anilines is 1. The molecule has 2 amide bonds. The number of alkyl halides is 3. The lowest BCUT2D eigenvalue weighted by molar-refractivity contribution is -0.142. The summed E-state index contributed by atoms with van der Waals surface area (Å²) in [4.78, 5) is 28.7. The van der Waals surface area contributed by atoms with Crippen molar-refractivity contribution in [2.75, 3.05) is 11.9 Å². The van der Waals surface area contributed by atoms with Gasteiger partial charge < -0.3 is 10.2 Å². The van der Waals surface area contributed by atoms with Gasteiger partial charge in [0.25, 0.3) is 11.8 Å². The molecule has 1 aliphatic heterocycles. The molecular formula is C29H35F3N2O2. The van der Waals surface area contributed by atoms with E-state index in [1.165, 1.54) is 37.5 Å². The van der Waals surface area contributed by atoms with Crippen molar-refractivity contribution in [3.8, 4) is 0 Å². The third kappa shape index (κ3) is 3.90. The van der Waals surface area contributed by atoms with Crippen LogP contribution >= 0.6 is 0 Å². The summed E-state index contributed by atoms with van der Waals surface area (Å²) in [6.07, 6.45) is 6.75. The molecule has 0 radical (unpaired) electrons. The highest BCUT2D eigenvalue weighted by Gasteiger charge is 2.59. The Balaban J connectivity index is 1.52. The Hall–Kier alpha value is -2.57. The van der Waals surface area contributed by atoms with E-state index in [1.807, 2.05) is 6.08 Å². The molecule has 0 spiro atoms. The minimum absolute atomic E-state index is 0.0472. The lowest BCUT2D eigenvalue weighted by Crippen LogP contribution is -2.61. The Labute approximate surface area is 211 Å². The number of carbonyl (C=O) groups excluding carboxylic acids is 2. The summed E-state index contributed by atoms with van der Waals surface area (Å²) in [5.74, 6) is 0.313. The van der Waals surface area contributed by atoms with E-state index in [0.29, 0.717) is 29.7 Å². The zero-order chi connectivity index (χ0) is 25.9. The van der Waals surface area contributed by atoms with Gasteiger partial charge in [0.1, 0.15) is 5.57 Å². The van der Waals surface area contributed by atoms with Crippen LogP contribution in [-0.2, 0) is 15.8 Å². The fraction of sp³-hybridized carbons (Fsp3) is 0.586. The molecule has 3 saturated carbocycles. The molecule has 0 aromatic heterocycles. The maximum absolute atomic E-state index is 13.5. The van der Waals surface area contributed by atoms with E-state index in [0.717, 1.165) is 31.7 Å². The monoisotopic (exact) mass is 500 g/mol. The summed E-state index contributed by atoms with van der Waals surface area (Å²) in [6.45, 7) is 8.71. The van der Waals surface area contributed by atoms with Gasteiger partial charge in [-0.1, -0.05) is 44.6 Å². The average Bonchev–Trinajstić information content (AvgIpc) is 3.22. The van der Waals surface area contributed by atoms with Crippen LogP contribution in [0.2, 0.25) is 0 Å². The number of benzene rings is 1. The summed E-state index contributed by atoms with van der Waals surface area (Å²) in [6, 6.07) is 4.83. The van der Waals surface area contributed by atoms with Crippen molar-refractivity contribution in [1.82, 2.24) is 4.90 Å². The first-order valence-electron chi connectivity index (χ1n) is 13.1. The van der Waals surface area contributed by atoms with Gasteiger partial charge in [0, 0.05) is 18.0 Å². The van der Waals surface area contributed by atoms with Crippen molar-refractivity contribution >= 4 is 17.5 Å². The van der Waals surface area contributed by atoms with Crippen molar-refractivity contribution in [3.05, 3.63) is 54.1 Å². The number of amides is 2.